The van der Waals surface area contributed by atoms with Crippen LogP contribution >= 0.6 is 0 Å². The maximum absolute atomic E-state index is 12.6. The van der Waals surface area contributed by atoms with Gasteiger partial charge in [0.15, 0.2) is 12.3 Å². The van der Waals surface area contributed by atoms with E-state index in [1.54, 1.807) is 24.3 Å². The van der Waals surface area contributed by atoms with Crippen LogP contribution in [0.2, 0.25) is 0 Å². The Morgan fingerprint density at radius 2 is 2.10 bits per heavy atom. The first-order valence-corrected chi connectivity index (χ1v) is 6.41. The third-order valence-corrected chi connectivity index (χ3v) is 3.54. The van der Waals surface area contributed by atoms with Crippen LogP contribution in [0.3, 0.4) is 0 Å². The molecule has 2 fully saturated rings. The fourth-order valence-electron chi connectivity index (χ4n) is 2.53. The van der Waals surface area contributed by atoms with Crippen LogP contribution < -0.4 is 0 Å². The molecule has 0 aromatic heterocycles. The van der Waals surface area contributed by atoms with Crippen LogP contribution in [0, 0.1) is 0 Å². The normalized spacial score (nSPS) is 28.9. The number of methoxy groups -OCH3 is 1. The molecule has 3 rings (SSSR count). The number of nitrogens with zero attached hydrogens (tertiary/aromatic N) is 1. The first-order valence-electron chi connectivity index (χ1n) is 6.41. The molecule has 0 saturated carbocycles. The summed E-state index contributed by atoms with van der Waals surface area (Å²) in [6.45, 7) is 0.364. The highest BCUT2D eigenvalue weighted by Gasteiger charge is 2.49. The van der Waals surface area contributed by atoms with Gasteiger partial charge in [0.25, 0.3) is 5.91 Å². The Morgan fingerprint density at radius 1 is 1.35 bits per heavy atom. The monoisotopic (exact) mass is 277 g/mol. The van der Waals surface area contributed by atoms with Crippen molar-refractivity contribution in [1.82, 2.24) is 4.90 Å². The summed E-state index contributed by atoms with van der Waals surface area (Å²) in [6, 6.07) is 8.15. The molecule has 106 valence electrons. The summed E-state index contributed by atoms with van der Waals surface area (Å²) in [5, 5.41) is 0. The number of morpholine rings is 1. The van der Waals surface area contributed by atoms with Crippen molar-refractivity contribution < 1.29 is 23.8 Å². The number of esters is 1. The predicted octanol–water partition coefficient (Wildman–Crippen LogP) is 0.425. The van der Waals surface area contributed by atoms with E-state index in [0.29, 0.717) is 5.56 Å². The van der Waals surface area contributed by atoms with Gasteiger partial charge in [0.1, 0.15) is 12.7 Å². The first kappa shape index (κ1) is 13.1. The van der Waals surface area contributed by atoms with Gasteiger partial charge in [-0.05, 0) is 12.1 Å². The smallest absolute Gasteiger partial charge is 0.331 e. The Morgan fingerprint density at radius 3 is 2.80 bits per heavy atom. The molecule has 0 N–H and O–H groups in total. The zero-order valence-corrected chi connectivity index (χ0v) is 11.0. The second kappa shape index (κ2) is 5.22. The van der Waals surface area contributed by atoms with E-state index in [1.165, 1.54) is 12.0 Å². The highest BCUT2D eigenvalue weighted by atomic mass is 16.7. The van der Waals surface area contributed by atoms with Crippen LogP contribution in [0.1, 0.15) is 10.4 Å². The molecule has 0 unspecified atom stereocenters. The van der Waals surface area contributed by atoms with Gasteiger partial charge in [-0.3, -0.25) is 4.79 Å². The zero-order chi connectivity index (χ0) is 14.1. The minimum absolute atomic E-state index is 0.155. The van der Waals surface area contributed by atoms with Gasteiger partial charge in [-0.2, -0.15) is 0 Å². The molecule has 0 spiro atoms. The minimum atomic E-state index is -0.686. The predicted molar refractivity (Wildman–Crippen MR) is 67.9 cm³/mol. The molecule has 0 aliphatic carbocycles. The minimum Gasteiger partial charge on any atom is -0.461 e. The summed E-state index contributed by atoms with van der Waals surface area (Å²) in [5.41, 5.74) is 0.530. The van der Waals surface area contributed by atoms with E-state index in [0.717, 1.165) is 0 Å². The van der Waals surface area contributed by atoms with E-state index in [1.807, 2.05) is 6.07 Å². The van der Waals surface area contributed by atoms with Crippen LogP contribution in [0.5, 0.6) is 0 Å². The molecular weight excluding hydrogens is 262 g/mol. The topological polar surface area (TPSA) is 65.1 Å². The third-order valence-electron chi connectivity index (χ3n) is 3.54. The number of ether oxygens (including phenoxy) is 3. The van der Waals surface area contributed by atoms with Crippen molar-refractivity contribution in [3.63, 3.8) is 0 Å². The molecule has 2 saturated heterocycles. The highest BCUT2D eigenvalue weighted by Crippen LogP contribution is 2.26. The van der Waals surface area contributed by atoms with Crippen molar-refractivity contribution in [2.24, 2.45) is 0 Å². The molecular formula is C14H15NO5. The largest absolute Gasteiger partial charge is 0.461 e. The lowest BCUT2D eigenvalue weighted by molar-refractivity contribution is -0.199. The van der Waals surface area contributed by atoms with Crippen molar-refractivity contribution >= 4 is 11.9 Å². The molecule has 20 heavy (non-hydrogen) atoms. The highest BCUT2D eigenvalue weighted by molar-refractivity contribution is 5.97. The summed E-state index contributed by atoms with van der Waals surface area (Å²) in [7, 11) is 1.51. The van der Waals surface area contributed by atoms with Crippen molar-refractivity contribution in [3.8, 4) is 0 Å². The Labute approximate surface area is 116 Å². The summed E-state index contributed by atoms with van der Waals surface area (Å²) in [5.74, 6) is -0.640. The second-order valence-electron chi connectivity index (χ2n) is 4.74. The van der Waals surface area contributed by atoms with E-state index in [4.69, 9.17) is 14.2 Å². The van der Waals surface area contributed by atoms with Crippen LogP contribution in [0.15, 0.2) is 30.3 Å². The molecule has 0 radical (unpaired) electrons. The Bertz CT molecular complexity index is 518. The first-order chi connectivity index (χ1) is 9.70. The van der Waals surface area contributed by atoms with Gasteiger partial charge in [0.2, 0.25) is 0 Å². The SMILES string of the molecule is CO[C@@H]1CN(C(=O)c2ccccc2)[C@H]2C(=O)OC[C@H]2O1. The molecule has 2 heterocycles. The van der Waals surface area contributed by atoms with Crippen molar-refractivity contribution in [3.05, 3.63) is 35.9 Å². The number of carbonyl (C=O) groups is 2. The maximum Gasteiger partial charge on any atom is 0.331 e. The van der Waals surface area contributed by atoms with Gasteiger partial charge in [0, 0.05) is 12.7 Å². The average Bonchev–Trinajstić information content (AvgIpc) is 2.88. The van der Waals surface area contributed by atoms with E-state index in [-0.39, 0.29) is 19.1 Å². The standard InChI is InChI=1S/C14H15NO5/c1-18-11-7-15(12-10(20-11)8-19-14(12)17)13(16)9-5-3-2-4-6-9/h2-6,10-12H,7-8H2,1H3/t10-,11+,12-/m1/s1. The molecule has 0 bridgehead atoms. The van der Waals surface area contributed by atoms with E-state index < -0.39 is 24.4 Å². The van der Waals surface area contributed by atoms with E-state index in [2.05, 4.69) is 0 Å². The fraction of sp³-hybridized carbons (Fsp3) is 0.429. The summed E-state index contributed by atoms with van der Waals surface area (Å²) < 4.78 is 15.7. The molecule has 6 heteroatoms. The number of hydrogen-bond donors (Lipinski definition) is 0. The molecule has 1 aromatic rings. The number of cyclic esters (lactones) is 1. The molecule has 2 aliphatic heterocycles. The molecule has 2 aliphatic rings. The van der Waals surface area contributed by atoms with Gasteiger partial charge in [0.05, 0.1) is 6.54 Å². The summed E-state index contributed by atoms with van der Waals surface area (Å²) in [6.07, 6.45) is -1.01. The van der Waals surface area contributed by atoms with Crippen molar-refractivity contribution in [1.29, 1.82) is 0 Å². The number of fused-ring (bicyclic) bond motifs is 1. The van der Waals surface area contributed by atoms with Crippen LogP contribution in [-0.2, 0) is 19.0 Å². The molecule has 3 atom stereocenters. The molecule has 1 aromatic carbocycles. The van der Waals surface area contributed by atoms with Gasteiger partial charge in [-0.25, -0.2) is 4.79 Å². The lowest BCUT2D eigenvalue weighted by atomic mass is 10.1. The summed E-state index contributed by atoms with van der Waals surface area (Å²) in [4.78, 5) is 25.8. The van der Waals surface area contributed by atoms with E-state index in [9.17, 15) is 9.59 Å². The maximum atomic E-state index is 12.6. The van der Waals surface area contributed by atoms with Crippen molar-refractivity contribution in [2.75, 3.05) is 20.3 Å². The number of rotatable bonds is 2. The Kier molecular flexibility index (Phi) is 3.42. The second-order valence-corrected chi connectivity index (χ2v) is 4.74. The number of amides is 1. The van der Waals surface area contributed by atoms with Gasteiger partial charge >= 0.3 is 5.97 Å². The average molecular weight is 277 g/mol. The van der Waals surface area contributed by atoms with Gasteiger partial charge < -0.3 is 19.1 Å². The zero-order valence-electron chi connectivity index (χ0n) is 11.0. The van der Waals surface area contributed by atoms with Crippen LogP contribution in [0.25, 0.3) is 0 Å². The lowest BCUT2D eigenvalue weighted by Gasteiger charge is -2.38. The Hall–Kier alpha value is -1.92. The lowest BCUT2D eigenvalue weighted by Crippen LogP contribution is -2.58. The molecule has 1 amide bonds. The van der Waals surface area contributed by atoms with Gasteiger partial charge in [-0.1, -0.05) is 18.2 Å². The van der Waals surface area contributed by atoms with Crippen molar-refractivity contribution in [2.45, 2.75) is 18.4 Å². The number of hydrogen-bond acceptors (Lipinski definition) is 5. The van der Waals surface area contributed by atoms with Crippen LogP contribution in [0.4, 0.5) is 0 Å². The number of carbonyl (C=O) groups excluding carboxylic acids is 2. The number of benzene rings is 1. The van der Waals surface area contributed by atoms with Crippen LogP contribution in [-0.4, -0.2) is 55.5 Å². The summed E-state index contributed by atoms with van der Waals surface area (Å²) >= 11 is 0. The molecule has 6 nitrogen and oxygen atoms in total. The van der Waals surface area contributed by atoms with Gasteiger partial charge in [-0.15, -0.1) is 0 Å². The quantitative estimate of drug-likeness (QED) is 0.733. The third kappa shape index (κ3) is 2.17. The van der Waals surface area contributed by atoms with E-state index >= 15 is 0 Å². The Balaban J connectivity index is 1.88. The fourth-order valence-corrected chi connectivity index (χ4v) is 2.53.